The number of carbonyl (C=O) groups is 2. The maximum absolute atomic E-state index is 13.7. The van der Waals surface area contributed by atoms with Gasteiger partial charge in [-0.15, -0.1) is 0 Å². The summed E-state index contributed by atoms with van der Waals surface area (Å²) in [7, 11) is 0. The summed E-state index contributed by atoms with van der Waals surface area (Å²) in [5.74, 6) is -0.551. The minimum absolute atomic E-state index is 0.0337. The Labute approximate surface area is 240 Å². The van der Waals surface area contributed by atoms with Crippen LogP contribution in [0.5, 0.6) is 0 Å². The fourth-order valence-corrected chi connectivity index (χ4v) is 5.57. The first-order chi connectivity index (χ1) is 18.1. The molecule has 0 aliphatic carbocycles. The number of amides is 3. The predicted octanol–water partition coefficient (Wildman–Crippen LogP) is 6.96. The summed E-state index contributed by atoms with van der Waals surface area (Å²) in [6.45, 7) is 2.04. The van der Waals surface area contributed by atoms with Gasteiger partial charge >= 0.3 is 6.03 Å². The average molecular weight is 633 g/mol. The molecule has 2 heterocycles. The molecule has 3 aromatic carbocycles. The van der Waals surface area contributed by atoms with Gasteiger partial charge < -0.3 is 5.32 Å². The molecule has 1 aliphatic rings. The lowest BCUT2D eigenvalue weighted by atomic mass is 10.1. The van der Waals surface area contributed by atoms with Gasteiger partial charge in [0.05, 0.1) is 27.8 Å². The molecule has 0 atom stereocenters. The molecule has 0 unspecified atom stereocenters. The lowest BCUT2D eigenvalue weighted by molar-refractivity contribution is -0.123. The van der Waals surface area contributed by atoms with Crippen molar-refractivity contribution in [1.82, 2.24) is 20.0 Å². The van der Waals surface area contributed by atoms with E-state index < -0.39 is 17.5 Å². The summed E-state index contributed by atoms with van der Waals surface area (Å²) in [5.41, 5.74) is 2.68. The number of hydrogen-bond acceptors (Lipinski definition) is 3. The Morgan fingerprint density at radius 3 is 2.18 bits per heavy atom. The normalized spacial score (nSPS) is 14.4. The quantitative estimate of drug-likeness (QED) is 0.184. The highest BCUT2D eigenvalue weighted by Crippen LogP contribution is 2.33. The molecule has 0 saturated carbocycles. The van der Waals surface area contributed by atoms with Gasteiger partial charge in [-0.25, -0.2) is 9.48 Å². The fourth-order valence-electron chi connectivity index (χ4n) is 4.06. The van der Waals surface area contributed by atoms with Crippen LogP contribution in [0, 0.1) is 6.92 Å². The first-order valence-electron chi connectivity index (χ1n) is 11.3. The Morgan fingerprint density at radius 1 is 0.921 bits per heavy atom. The Kier molecular flexibility index (Phi) is 7.24. The van der Waals surface area contributed by atoms with E-state index in [4.69, 9.17) is 34.8 Å². The van der Waals surface area contributed by atoms with Gasteiger partial charge in [-0.05, 0) is 42.8 Å². The number of rotatable bonds is 5. The molecule has 192 valence electrons. The minimum atomic E-state index is -0.579. The van der Waals surface area contributed by atoms with Crippen LogP contribution in [0.1, 0.15) is 16.7 Å². The van der Waals surface area contributed by atoms with Gasteiger partial charge in [0.1, 0.15) is 11.4 Å². The number of urea groups is 1. The van der Waals surface area contributed by atoms with Crippen LogP contribution < -0.4 is 10.9 Å². The van der Waals surface area contributed by atoms with E-state index >= 15 is 0 Å². The number of hydrogen-bond donors (Lipinski definition) is 2. The zero-order valence-electron chi connectivity index (χ0n) is 19.7. The number of aromatic amines is 1. The van der Waals surface area contributed by atoms with Crippen LogP contribution in [-0.2, 0) is 11.3 Å². The van der Waals surface area contributed by atoms with Gasteiger partial charge in [-0.1, -0.05) is 92.7 Å². The van der Waals surface area contributed by atoms with Gasteiger partial charge in [0, 0.05) is 15.1 Å². The van der Waals surface area contributed by atoms with E-state index in [9.17, 15) is 14.4 Å². The van der Waals surface area contributed by atoms with Crippen LogP contribution in [0.2, 0.25) is 15.1 Å². The third kappa shape index (κ3) is 5.05. The van der Waals surface area contributed by atoms with Gasteiger partial charge in [-0.3, -0.25) is 19.6 Å². The number of nitrogens with zero attached hydrogens (tertiary/aromatic N) is 2. The van der Waals surface area contributed by atoms with Crippen LogP contribution in [0.25, 0.3) is 23.0 Å². The number of H-pyrrole nitrogens is 1. The molecule has 0 bridgehead atoms. The van der Waals surface area contributed by atoms with Gasteiger partial charge in [0.15, 0.2) is 0 Å². The van der Waals surface area contributed by atoms with Crippen LogP contribution in [-0.4, -0.2) is 26.6 Å². The van der Waals surface area contributed by atoms with E-state index in [1.807, 2.05) is 31.2 Å². The summed E-state index contributed by atoms with van der Waals surface area (Å²) in [4.78, 5) is 40.7. The van der Waals surface area contributed by atoms with Gasteiger partial charge in [0.2, 0.25) is 0 Å². The zero-order chi connectivity index (χ0) is 27.1. The standard InChI is InChI=1S/C27H18BrCl3N4O3/c1-14-2-4-15(5-3-14)13-34-26(37)22(32-27(34)38)12-19-23(16-6-8-18(29)9-7-16)33-35(25(19)36)24-20(30)10-17(28)11-21(24)31/h2-12,33H,13H2,1H3,(H,32,38). The molecular weight excluding hydrogens is 615 g/mol. The molecule has 5 rings (SSSR count). The number of aromatic nitrogens is 2. The number of imide groups is 1. The predicted molar refractivity (Wildman–Crippen MR) is 153 cm³/mol. The summed E-state index contributed by atoms with van der Waals surface area (Å²) >= 11 is 22.3. The molecule has 3 amide bonds. The van der Waals surface area contributed by atoms with E-state index in [0.717, 1.165) is 16.0 Å². The lowest BCUT2D eigenvalue weighted by Gasteiger charge is -2.11. The maximum atomic E-state index is 13.7. The van der Waals surface area contributed by atoms with Crippen LogP contribution >= 0.6 is 50.7 Å². The molecule has 1 saturated heterocycles. The number of nitrogens with one attached hydrogen (secondary N) is 2. The summed E-state index contributed by atoms with van der Waals surface area (Å²) < 4.78 is 1.85. The highest BCUT2D eigenvalue weighted by Gasteiger charge is 2.34. The highest BCUT2D eigenvalue weighted by molar-refractivity contribution is 9.10. The van der Waals surface area contributed by atoms with Crippen LogP contribution in [0.3, 0.4) is 0 Å². The van der Waals surface area contributed by atoms with Crippen molar-refractivity contribution in [3.05, 3.63) is 113 Å². The molecular formula is C27H18BrCl3N4O3. The van der Waals surface area contributed by atoms with Crippen molar-refractivity contribution in [3.63, 3.8) is 0 Å². The Balaban J connectivity index is 1.61. The first kappa shape index (κ1) is 26.3. The van der Waals surface area contributed by atoms with Gasteiger partial charge in [-0.2, -0.15) is 0 Å². The van der Waals surface area contributed by atoms with Crippen molar-refractivity contribution in [2.24, 2.45) is 0 Å². The van der Waals surface area contributed by atoms with E-state index in [1.54, 1.807) is 36.4 Å². The number of aryl methyl sites for hydroxylation is 1. The highest BCUT2D eigenvalue weighted by atomic mass is 79.9. The van der Waals surface area contributed by atoms with E-state index in [1.165, 1.54) is 10.8 Å². The van der Waals surface area contributed by atoms with E-state index in [-0.39, 0.29) is 33.5 Å². The van der Waals surface area contributed by atoms with E-state index in [2.05, 4.69) is 26.3 Å². The Hall–Kier alpha value is -3.30. The second-order valence-corrected chi connectivity index (χ2v) is 10.8. The zero-order valence-corrected chi connectivity index (χ0v) is 23.5. The van der Waals surface area contributed by atoms with Crippen molar-refractivity contribution < 1.29 is 9.59 Å². The number of benzene rings is 3. The lowest BCUT2D eigenvalue weighted by Crippen LogP contribution is -2.30. The molecule has 4 aromatic rings. The summed E-state index contributed by atoms with van der Waals surface area (Å²) in [6.07, 6.45) is 1.36. The summed E-state index contributed by atoms with van der Waals surface area (Å²) in [6, 6.07) is 17.0. The molecule has 7 nitrogen and oxygen atoms in total. The SMILES string of the molecule is Cc1ccc(CN2C(=O)NC(=Cc3c(-c4ccc(Cl)cc4)[nH]n(-c4c(Cl)cc(Br)cc4Cl)c3=O)C2=O)cc1. The van der Waals surface area contributed by atoms with Crippen molar-refractivity contribution in [1.29, 1.82) is 0 Å². The molecule has 1 aliphatic heterocycles. The first-order valence-corrected chi connectivity index (χ1v) is 13.2. The molecule has 1 fully saturated rings. The Morgan fingerprint density at radius 2 is 1.55 bits per heavy atom. The molecule has 2 N–H and O–H groups in total. The third-order valence-electron chi connectivity index (χ3n) is 5.98. The fraction of sp³-hybridized carbons (Fsp3) is 0.0741. The third-order valence-corrected chi connectivity index (χ3v) is 7.26. The van der Waals surface area contributed by atoms with Crippen LogP contribution in [0.4, 0.5) is 4.79 Å². The van der Waals surface area contributed by atoms with Gasteiger partial charge in [0.25, 0.3) is 11.5 Å². The van der Waals surface area contributed by atoms with Crippen LogP contribution in [0.15, 0.2) is 75.6 Å². The largest absolute Gasteiger partial charge is 0.329 e. The van der Waals surface area contributed by atoms with Crippen molar-refractivity contribution in [2.75, 3.05) is 0 Å². The van der Waals surface area contributed by atoms with E-state index in [0.29, 0.717) is 20.8 Å². The molecule has 38 heavy (non-hydrogen) atoms. The molecule has 11 heteroatoms. The number of halogens is 4. The monoisotopic (exact) mass is 630 g/mol. The van der Waals surface area contributed by atoms with Crippen molar-refractivity contribution in [3.8, 4) is 16.9 Å². The number of carbonyl (C=O) groups excluding carboxylic acids is 2. The second-order valence-electron chi connectivity index (χ2n) is 8.63. The minimum Gasteiger partial charge on any atom is -0.303 e. The summed E-state index contributed by atoms with van der Waals surface area (Å²) in [5, 5.41) is 6.60. The Bertz CT molecular complexity index is 1650. The molecule has 1 aromatic heterocycles. The molecule has 0 radical (unpaired) electrons. The average Bonchev–Trinajstić information content (AvgIpc) is 3.31. The topological polar surface area (TPSA) is 87.2 Å². The molecule has 0 spiro atoms. The second kappa shape index (κ2) is 10.5. The van der Waals surface area contributed by atoms with Crippen molar-refractivity contribution in [2.45, 2.75) is 13.5 Å². The van der Waals surface area contributed by atoms with Crippen molar-refractivity contribution >= 4 is 68.7 Å². The smallest absolute Gasteiger partial charge is 0.303 e. The maximum Gasteiger partial charge on any atom is 0.329 e.